The number of hydrogen-bond acceptors (Lipinski definition) is 3. The van der Waals surface area contributed by atoms with E-state index in [2.05, 4.69) is 31.1 Å². The molecule has 0 saturated heterocycles. The van der Waals surface area contributed by atoms with Gasteiger partial charge in [0.15, 0.2) is 5.69 Å². The van der Waals surface area contributed by atoms with E-state index < -0.39 is 17.7 Å². The third-order valence-corrected chi connectivity index (χ3v) is 2.98. The fourth-order valence-electron chi connectivity index (χ4n) is 1.75. The maximum absolute atomic E-state index is 12.3. The van der Waals surface area contributed by atoms with Crippen LogP contribution in [0, 0.1) is 0 Å². The third-order valence-electron chi connectivity index (χ3n) is 2.98. The van der Waals surface area contributed by atoms with Crippen LogP contribution < -0.4 is 0 Å². The fraction of sp³-hybridized carbons (Fsp3) is 0.357. The molecule has 2 aromatic rings. The number of hydrogen-bond donors (Lipinski definition) is 0. The average molecular weight is 297 g/mol. The number of Topliss-reactive ketones (excluding diaryl/α,β-unsaturated/α-hetero) is 1. The van der Waals surface area contributed by atoms with Crippen molar-refractivity contribution in [3.63, 3.8) is 0 Å². The van der Waals surface area contributed by atoms with Crippen LogP contribution in [0.15, 0.2) is 30.5 Å². The molecule has 0 atom stereocenters. The lowest BCUT2D eigenvalue weighted by molar-refractivity contribution is -0.0888. The fourth-order valence-corrected chi connectivity index (χ4v) is 1.75. The molecule has 112 valence electrons. The van der Waals surface area contributed by atoms with Crippen molar-refractivity contribution in [1.82, 2.24) is 15.0 Å². The van der Waals surface area contributed by atoms with Gasteiger partial charge in [-0.25, -0.2) is 4.68 Å². The van der Waals surface area contributed by atoms with Gasteiger partial charge in [0.1, 0.15) is 0 Å². The van der Waals surface area contributed by atoms with Crippen molar-refractivity contribution in [2.75, 3.05) is 0 Å². The van der Waals surface area contributed by atoms with Gasteiger partial charge in [-0.1, -0.05) is 38.1 Å². The first kappa shape index (κ1) is 15.2. The van der Waals surface area contributed by atoms with Gasteiger partial charge in [0.25, 0.3) is 5.78 Å². The third kappa shape index (κ3) is 3.29. The Balaban J connectivity index is 2.28. The summed E-state index contributed by atoms with van der Waals surface area (Å²) >= 11 is 0. The van der Waals surface area contributed by atoms with Crippen LogP contribution in [0.5, 0.6) is 0 Å². The lowest BCUT2D eigenvalue weighted by atomic mass is 9.87. The normalized spacial score (nSPS) is 12.5. The predicted octanol–water partition coefficient (Wildman–Crippen LogP) is 3.31. The number of nitrogens with zero attached hydrogens (tertiary/aromatic N) is 3. The molecule has 0 bridgehead atoms. The first-order valence-electron chi connectivity index (χ1n) is 6.24. The van der Waals surface area contributed by atoms with E-state index >= 15 is 0 Å². The van der Waals surface area contributed by atoms with E-state index in [4.69, 9.17) is 0 Å². The quantitative estimate of drug-likeness (QED) is 0.799. The van der Waals surface area contributed by atoms with Crippen LogP contribution in [0.2, 0.25) is 0 Å². The standard InChI is InChI=1S/C14H14F3N3O/c1-13(2,3)9-4-6-10(7-5-9)20-8-11(18-19-20)12(21)14(15,16)17/h4-8H,1-3H3. The number of carbonyl (C=O) groups is 1. The molecule has 0 spiro atoms. The second kappa shape index (κ2) is 4.98. The van der Waals surface area contributed by atoms with E-state index in [0.29, 0.717) is 5.69 Å². The van der Waals surface area contributed by atoms with Gasteiger partial charge in [-0.15, -0.1) is 5.10 Å². The maximum atomic E-state index is 12.3. The van der Waals surface area contributed by atoms with Crippen molar-refractivity contribution < 1.29 is 18.0 Å². The van der Waals surface area contributed by atoms with Crippen molar-refractivity contribution in [3.05, 3.63) is 41.7 Å². The molecule has 0 fully saturated rings. The van der Waals surface area contributed by atoms with Crippen LogP contribution in [0.1, 0.15) is 36.8 Å². The molecular formula is C14H14F3N3O. The lowest BCUT2D eigenvalue weighted by Gasteiger charge is -2.18. The number of carbonyl (C=O) groups excluding carboxylic acids is 1. The molecule has 0 amide bonds. The first-order valence-corrected chi connectivity index (χ1v) is 6.24. The molecule has 1 heterocycles. The monoisotopic (exact) mass is 297 g/mol. The van der Waals surface area contributed by atoms with E-state index in [-0.39, 0.29) is 5.41 Å². The SMILES string of the molecule is CC(C)(C)c1ccc(-n2cc(C(=O)C(F)(F)F)nn2)cc1. The van der Waals surface area contributed by atoms with E-state index in [1.54, 1.807) is 12.1 Å². The number of benzene rings is 1. The lowest BCUT2D eigenvalue weighted by Crippen LogP contribution is -2.23. The zero-order chi connectivity index (χ0) is 15.8. The summed E-state index contributed by atoms with van der Waals surface area (Å²) in [6.07, 6.45) is -3.97. The Morgan fingerprint density at radius 3 is 2.14 bits per heavy atom. The first-order chi connectivity index (χ1) is 9.59. The topological polar surface area (TPSA) is 47.8 Å². The number of alkyl halides is 3. The van der Waals surface area contributed by atoms with Gasteiger partial charge in [0, 0.05) is 0 Å². The van der Waals surface area contributed by atoms with Crippen LogP contribution >= 0.6 is 0 Å². The molecule has 0 aliphatic rings. The molecule has 2 rings (SSSR count). The highest BCUT2D eigenvalue weighted by atomic mass is 19.4. The molecule has 4 nitrogen and oxygen atoms in total. The van der Waals surface area contributed by atoms with Crippen LogP contribution in [0.4, 0.5) is 13.2 Å². The minimum absolute atomic E-state index is 0.0295. The van der Waals surface area contributed by atoms with Crippen LogP contribution in [0.25, 0.3) is 5.69 Å². The maximum Gasteiger partial charge on any atom is 0.456 e. The summed E-state index contributed by atoms with van der Waals surface area (Å²) in [7, 11) is 0. The Bertz CT molecular complexity index is 651. The highest BCUT2D eigenvalue weighted by molar-refractivity contribution is 5.98. The van der Waals surface area contributed by atoms with Crippen molar-refractivity contribution in [3.8, 4) is 5.69 Å². The predicted molar refractivity (Wildman–Crippen MR) is 70.4 cm³/mol. The largest absolute Gasteiger partial charge is 0.456 e. The minimum atomic E-state index is -4.95. The number of halogens is 3. The molecule has 21 heavy (non-hydrogen) atoms. The van der Waals surface area contributed by atoms with E-state index in [0.717, 1.165) is 16.4 Å². The number of ketones is 1. The smallest absolute Gasteiger partial charge is 0.282 e. The van der Waals surface area contributed by atoms with Gasteiger partial charge < -0.3 is 0 Å². The van der Waals surface area contributed by atoms with Gasteiger partial charge in [0.2, 0.25) is 0 Å². The molecule has 0 radical (unpaired) electrons. The summed E-state index contributed by atoms with van der Waals surface area (Å²) in [5, 5.41) is 6.83. The summed E-state index contributed by atoms with van der Waals surface area (Å²) in [5.74, 6) is -2.00. The van der Waals surface area contributed by atoms with E-state index in [1.165, 1.54) is 0 Å². The van der Waals surface area contributed by atoms with Crippen LogP contribution in [-0.4, -0.2) is 27.0 Å². The van der Waals surface area contributed by atoms with Gasteiger partial charge in [-0.2, -0.15) is 13.2 Å². The highest BCUT2D eigenvalue weighted by Crippen LogP contribution is 2.24. The summed E-state index contributed by atoms with van der Waals surface area (Å²) in [6, 6.07) is 7.17. The van der Waals surface area contributed by atoms with Gasteiger partial charge in [0.05, 0.1) is 11.9 Å². The van der Waals surface area contributed by atoms with Crippen molar-refractivity contribution in [2.45, 2.75) is 32.4 Å². The Kier molecular flexibility index (Phi) is 3.61. The van der Waals surface area contributed by atoms with E-state index in [1.807, 2.05) is 12.1 Å². The van der Waals surface area contributed by atoms with Gasteiger partial charge in [-0.05, 0) is 23.1 Å². The molecule has 0 aliphatic heterocycles. The van der Waals surface area contributed by atoms with Crippen molar-refractivity contribution >= 4 is 5.78 Å². The molecule has 1 aromatic heterocycles. The molecule has 1 aromatic carbocycles. The second-order valence-electron chi connectivity index (χ2n) is 5.67. The Hall–Kier alpha value is -2.18. The summed E-state index contributed by atoms with van der Waals surface area (Å²) in [5.41, 5.74) is 0.871. The molecule has 0 unspecified atom stereocenters. The second-order valence-corrected chi connectivity index (χ2v) is 5.67. The zero-order valence-electron chi connectivity index (χ0n) is 11.8. The number of rotatable bonds is 2. The number of aromatic nitrogens is 3. The average Bonchev–Trinajstić information content (AvgIpc) is 2.85. The van der Waals surface area contributed by atoms with Gasteiger partial charge >= 0.3 is 6.18 Å². The van der Waals surface area contributed by atoms with Crippen molar-refractivity contribution in [1.29, 1.82) is 0 Å². The molecule has 0 saturated carbocycles. The summed E-state index contributed by atoms with van der Waals surface area (Å²) < 4.78 is 38.1. The van der Waals surface area contributed by atoms with Crippen LogP contribution in [-0.2, 0) is 5.41 Å². The molecule has 0 aliphatic carbocycles. The molecule has 7 heteroatoms. The molecule has 0 N–H and O–H groups in total. The summed E-state index contributed by atoms with van der Waals surface area (Å²) in [4.78, 5) is 11.1. The Morgan fingerprint density at radius 1 is 1.10 bits per heavy atom. The highest BCUT2D eigenvalue weighted by Gasteiger charge is 2.41. The Morgan fingerprint density at radius 2 is 1.67 bits per heavy atom. The van der Waals surface area contributed by atoms with Crippen LogP contribution in [0.3, 0.4) is 0 Å². The minimum Gasteiger partial charge on any atom is -0.282 e. The van der Waals surface area contributed by atoms with Gasteiger partial charge in [-0.3, -0.25) is 4.79 Å². The molecular weight excluding hydrogens is 283 g/mol. The summed E-state index contributed by atoms with van der Waals surface area (Å²) in [6.45, 7) is 6.16. The Labute approximate surface area is 119 Å². The van der Waals surface area contributed by atoms with E-state index in [9.17, 15) is 18.0 Å². The zero-order valence-corrected chi connectivity index (χ0v) is 11.8. The van der Waals surface area contributed by atoms with Crippen molar-refractivity contribution in [2.24, 2.45) is 0 Å².